The van der Waals surface area contributed by atoms with Crippen molar-refractivity contribution >= 4 is 23.3 Å². The second kappa shape index (κ2) is 7.12. The molecule has 0 atom stereocenters. The summed E-state index contributed by atoms with van der Waals surface area (Å²) in [4.78, 5) is 23.5. The van der Waals surface area contributed by atoms with E-state index in [9.17, 15) is 9.59 Å². The minimum Gasteiger partial charge on any atom is -0.497 e. The van der Waals surface area contributed by atoms with Gasteiger partial charge in [0.25, 0.3) is 5.91 Å². The Kier molecular flexibility index (Phi) is 4.98. The summed E-state index contributed by atoms with van der Waals surface area (Å²) in [5.74, 6) is -0.313. The van der Waals surface area contributed by atoms with Crippen LogP contribution in [0.25, 0.3) is 0 Å². The zero-order valence-electron chi connectivity index (χ0n) is 12.0. The van der Waals surface area contributed by atoms with E-state index in [1.165, 1.54) is 0 Å². The van der Waals surface area contributed by atoms with Gasteiger partial charge in [0, 0.05) is 11.4 Å². The molecule has 22 heavy (non-hydrogen) atoms. The zero-order chi connectivity index (χ0) is 15.9. The molecule has 3 N–H and O–H groups in total. The summed E-state index contributed by atoms with van der Waals surface area (Å²) in [5.41, 5.74) is 7.01. The van der Waals surface area contributed by atoms with Gasteiger partial charge >= 0.3 is 5.97 Å². The van der Waals surface area contributed by atoms with E-state index in [0.717, 1.165) is 0 Å². The monoisotopic (exact) mass is 300 g/mol. The van der Waals surface area contributed by atoms with Crippen LogP contribution in [0.1, 0.15) is 10.4 Å². The highest BCUT2D eigenvalue weighted by Gasteiger charge is 2.10. The third kappa shape index (κ3) is 4.24. The average molecular weight is 300 g/mol. The lowest BCUT2D eigenvalue weighted by molar-refractivity contribution is -0.119. The molecule has 2 aromatic carbocycles. The Balaban J connectivity index is 1.84. The summed E-state index contributed by atoms with van der Waals surface area (Å²) >= 11 is 0. The van der Waals surface area contributed by atoms with Crippen molar-refractivity contribution in [3.05, 3.63) is 54.1 Å². The molecule has 0 unspecified atom stereocenters. The standard InChI is InChI=1S/C16H16N2O4/c1-21-14-8-6-13(7-9-14)18-15(19)10-22-16(20)11-2-4-12(17)5-3-11/h2-9H,10,17H2,1H3,(H,18,19). The van der Waals surface area contributed by atoms with Crippen molar-refractivity contribution in [2.45, 2.75) is 0 Å². The largest absolute Gasteiger partial charge is 0.497 e. The fourth-order valence-electron chi connectivity index (χ4n) is 1.71. The Bertz CT molecular complexity index is 651. The summed E-state index contributed by atoms with van der Waals surface area (Å²) in [7, 11) is 1.56. The highest BCUT2D eigenvalue weighted by atomic mass is 16.5. The molecule has 6 heteroatoms. The van der Waals surface area contributed by atoms with Gasteiger partial charge in [-0.3, -0.25) is 4.79 Å². The second-order valence-electron chi connectivity index (χ2n) is 4.47. The lowest BCUT2D eigenvalue weighted by Crippen LogP contribution is -2.20. The molecular formula is C16H16N2O4. The Hall–Kier alpha value is -3.02. The van der Waals surface area contributed by atoms with Crippen LogP contribution < -0.4 is 15.8 Å². The Morgan fingerprint density at radius 1 is 1.05 bits per heavy atom. The summed E-state index contributed by atoms with van der Waals surface area (Å²) in [6.07, 6.45) is 0. The number of hydrogen-bond donors (Lipinski definition) is 2. The first-order valence-electron chi connectivity index (χ1n) is 6.55. The van der Waals surface area contributed by atoms with Gasteiger partial charge in [0.1, 0.15) is 5.75 Å². The lowest BCUT2D eigenvalue weighted by Gasteiger charge is -2.07. The van der Waals surface area contributed by atoms with Crippen LogP contribution in [0.3, 0.4) is 0 Å². The quantitative estimate of drug-likeness (QED) is 0.651. The number of carbonyl (C=O) groups excluding carboxylic acids is 2. The number of nitrogen functional groups attached to an aromatic ring is 1. The maximum Gasteiger partial charge on any atom is 0.338 e. The van der Waals surface area contributed by atoms with Gasteiger partial charge in [-0.05, 0) is 48.5 Å². The molecule has 0 aromatic heterocycles. The molecule has 0 spiro atoms. The Labute approximate surface area is 127 Å². The second-order valence-corrected chi connectivity index (χ2v) is 4.47. The molecule has 2 aromatic rings. The molecule has 0 aliphatic rings. The number of carbonyl (C=O) groups is 2. The van der Waals surface area contributed by atoms with Gasteiger partial charge in [-0.2, -0.15) is 0 Å². The van der Waals surface area contributed by atoms with Gasteiger partial charge in [0.05, 0.1) is 12.7 Å². The molecule has 0 fully saturated rings. The van der Waals surface area contributed by atoms with Crippen LogP contribution in [0.15, 0.2) is 48.5 Å². The number of methoxy groups -OCH3 is 1. The van der Waals surface area contributed by atoms with E-state index in [4.69, 9.17) is 15.2 Å². The number of anilines is 2. The molecule has 0 saturated heterocycles. The smallest absolute Gasteiger partial charge is 0.338 e. The third-order valence-corrected chi connectivity index (χ3v) is 2.85. The molecule has 0 aliphatic heterocycles. The molecule has 0 radical (unpaired) electrons. The van der Waals surface area contributed by atoms with Crippen molar-refractivity contribution in [3.8, 4) is 5.75 Å². The molecule has 1 amide bonds. The molecule has 0 saturated carbocycles. The zero-order valence-corrected chi connectivity index (χ0v) is 12.0. The van der Waals surface area contributed by atoms with Gasteiger partial charge in [0.2, 0.25) is 0 Å². The summed E-state index contributed by atoms with van der Waals surface area (Å²) < 4.78 is 9.95. The van der Waals surface area contributed by atoms with Crippen LogP contribution in [-0.2, 0) is 9.53 Å². The summed E-state index contributed by atoms with van der Waals surface area (Å²) in [5, 5.41) is 2.62. The number of esters is 1. The van der Waals surface area contributed by atoms with E-state index >= 15 is 0 Å². The van der Waals surface area contributed by atoms with E-state index in [1.807, 2.05) is 0 Å². The number of rotatable bonds is 5. The number of nitrogens with two attached hydrogens (primary N) is 1. The van der Waals surface area contributed by atoms with Crippen LogP contribution >= 0.6 is 0 Å². The van der Waals surface area contributed by atoms with Crippen molar-refractivity contribution in [1.29, 1.82) is 0 Å². The van der Waals surface area contributed by atoms with Crippen molar-refractivity contribution in [3.63, 3.8) is 0 Å². The van der Waals surface area contributed by atoms with Crippen LogP contribution in [0.4, 0.5) is 11.4 Å². The maximum absolute atomic E-state index is 11.7. The first-order chi connectivity index (χ1) is 10.6. The third-order valence-electron chi connectivity index (χ3n) is 2.85. The molecule has 0 bridgehead atoms. The number of amides is 1. The molecule has 114 valence electrons. The van der Waals surface area contributed by atoms with E-state index in [0.29, 0.717) is 22.7 Å². The summed E-state index contributed by atoms with van der Waals surface area (Å²) in [6, 6.07) is 13.1. The van der Waals surface area contributed by atoms with Gasteiger partial charge in [-0.1, -0.05) is 0 Å². The fourth-order valence-corrected chi connectivity index (χ4v) is 1.71. The van der Waals surface area contributed by atoms with Crippen LogP contribution in [0, 0.1) is 0 Å². The minimum absolute atomic E-state index is 0.339. The predicted octanol–water partition coefficient (Wildman–Crippen LogP) is 2.07. The SMILES string of the molecule is COc1ccc(NC(=O)COC(=O)c2ccc(N)cc2)cc1. The van der Waals surface area contributed by atoms with E-state index < -0.39 is 11.9 Å². The highest BCUT2D eigenvalue weighted by Crippen LogP contribution is 2.14. The first-order valence-corrected chi connectivity index (χ1v) is 6.55. The molecule has 6 nitrogen and oxygen atoms in total. The van der Waals surface area contributed by atoms with Crippen LogP contribution in [0.2, 0.25) is 0 Å². The average Bonchev–Trinajstić information content (AvgIpc) is 2.54. The fraction of sp³-hybridized carbons (Fsp3) is 0.125. The van der Waals surface area contributed by atoms with Crippen LogP contribution in [0.5, 0.6) is 5.75 Å². The molecule has 0 aliphatic carbocycles. The van der Waals surface area contributed by atoms with E-state index in [2.05, 4.69) is 5.32 Å². The predicted molar refractivity (Wildman–Crippen MR) is 82.8 cm³/mol. The molecule has 0 heterocycles. The van der Waals surface area contributed by atoms with Gasteiger partial charge < -0.3 is 20.5 Å². The topological polar surface area (TPSA) is 90.6 Å². The normalized spacial score (nSPS) is 9.86. The lowest BCUT2D eigenvalue weighted by atomic mass is 10.2. The van der Waals surface area contributed by atoms with Crippen molar-refractivity contribution in [1.82, 2.24) is 0 Å². The minimum atomic E-state index is -0.579. The summed E-state index contributed by atoms with van der Waals surface area (Å²) in [6.45, 7) is -0.366. The number of hydrogen-bond acceptors (Lipinski definition) is 5. The Morgan fingerprint density at radius 3 is 2.27 bits per heavy atom. The van der Waals surface area contributed by atoms with Crippen molar-refractivity contribution in [2.75, 3.05) is 24.8 Å². The van der Waals surface area contributed by atoms with Gasteiger partial charge in [0.15, 0.2) is 6.61 Å². The van der Waals surface area contributed by atoms with Crippen molar-refractivity contribution < 1.29 is 19.1 Å². The van der Waals surface area contributed by atoms with E-state index in [-0.39, 0.29) is 6.61 Å². The number of ether oxygens (including phenoxy) is 2. The van der Waals surface area contributed by atoms with Crippen molar-refractivity contribution in [2.24, 2.45) is 0 Å². The van der Waals surface area contributed by atoms with Crippen LogP contribution in [-0.4, -0.2) is 25.6 Å². The Morgan fingerprint density at radius 2 is 1.68 bits per heavy atom. The molecule has 2 rings (SSSR count). The van der Waals surface area contributed by atoms with Gasteiger partial charge in [-0.15, -0.1) is 0 Å². The molecular weight excluding hydrogens is 284 g/mol. The number of nitrogens with one attached hydrogen (secondary N) is 1. The number of benzene rings is 2. The van der Waals surface area contributed by atoms with Gasteiger partial charge in [-0.25, -0.2) is 4.79 Å². The highest BCUT2D eigenvalue weighted by molar-refractivity contribution is 5.95. The first kappa shape index (κ1) is 15.4. The maximum atomic E-state index is 11.7. The van der Waals surface area contributed by atoms with E-state index in [1.54, 1.807) is 55.6 Å².